The highest BCUT2D eigenvalue weighted by molar-refractivity contribution is 4.47. The predicted octanol–water partition coefficient (Wildman–Crippen LogP) is -0.470. The second-order valence-electron chi connectivity index (χ2n) is 0.919. The smallest absolute Gasteiger partial charge is 0.322 e. The Kier molecular flexibility index (Phi) is 1.43. The van der Waals surface area contributed by atoms with Crippen molar-refractivity contribution in [3.05, 3.63) is 0 Å². The topological polar surface area (TPSA) is 46.2 Å². The zero-order chi connectivity index (χ0) is 5.21. The molecule has 0 aliphatic heterocycles. The molecule has 0 bridgehead atoms. The van der Waals surface area contributed by atoms with Crippen LogP contribution in [0, 0.1) is 0 Å². The minimum Gasteiger partial charge on any atom is -0.389 e. The van der Waals surface area contributed by atoms with Gasteiger partial charge in [0.25, 0.3) is 0 Å². The van der Waals surface area contributed by atoms with E-state index < -0.39 is 12.7 Å². The van der Waals surface area contributed by atoms with Crippen molar-refractivity contribution in [3.63, 3.8) is 0 Å². The number of hydrogen-bond acceptors (Lipinski definition) is 2. The van der Waals surface area contributed by atoms with Crippen LogP contribution in [0.15, 0.2) is 0 Å². The van der Waals surface area contributed by atoms with Gasteiger partial charge in [-0.05, 0) is 0 Å². The van der Waals surface area contributed by atoms with Crippen LogP contribution in [0.3, 0.4) is 0 Å². The third-order valence-corrected chi connectivity index (χ3v) is 0.211. The summed E-state index contributed by atoms with van der Waals surface area (Å²) in [5, 5.41) is 7.53. The number of alkyl halides is 2. The molecular formula is C2H5F2NO. The fourth-order valence-electron chi connectivity index (χ4n) is 0. The first-order valence-corrected chi connectivity index (χ1v) is 1.34. The SMILES string of the molecule is NC(F)(F)CO. The van der Waals surface area contributed by atoms with Gasteiger partial charge in [-0.25, -0.2) is 0 Å². The van der Waals surface area contributed by atoms with Crippen LogP contribution >= 0.6 is 0 Å². The lowest BCUT2D eigenvalue weighted by Gasteiger charge is -2.01. The van der Waals surface area contributed by atoms with Crippen molar-refractivity contribution in [2.45, 2.75) is 6.05 Å². The molecule has 0 aliphatic carbocycles. The van der Waals surface area contributed by atoms with Gasteiger partial charge in [0.05, 0.1) is 0 Å². The summed E-state index contributed by atoms with van der Waals surface area (Å²) in [6.45, 7) is -1.28. The lowest BCUT2D eigenvalue weighted by Crippen LogP contribution is -2.32. The standard InChI is InChI=1S/C2H5F2NO/c3-2(4,5)1-6/h6H,1,5H2. The van der Waals surface area contributed by atoms with Crippen molar-refractivity contribution in [1.82, 2.24) is 0 Å². The molecule has 0 aliphatic rings. The Morgan fingerprint density at radius 1 is 1.67 bits per heavy atom. The molecule has 0 rings (SSSR count). The molecule has 0 heterocycles. The van der Waals surface area contributed by atoms with Crippen molar-refractivity contribution >= 4 is 0 Å². The largest absolute Gasteiger partial charge is 0.389 e. The van der Waals surface area contributed by atoms with Gasteiger partial charge in [0.15, 0.2) is 0 Å². The van der Waals surface area contributed by atoms with E-state index in [9.17, 15) is 8.78 Å². The molecule has 0 radical (unpaired) electrons. The maximum atomic E-state index is 11.0. The Hall–Kier alpha value is -0.220. The summed E-state index contributed by atoms with van der Waals surface area (Å²) in [5.41, 5.74) is 3.95. The molecular weight excluding hydrogens is 92.0 g/mol. The van der Waals surface area contributed by atoms with Crippen LogP contribution in [0.4, 0.5) is 8.78 Å². The van der Waals surface area contributed by atoms with Crippen molar-refractivity contribution in [1.29, 1.82) is 0 Å². The van der Waals surface area contributed by atoms with Gasteiger partial charge in [0.2, 0.25) is 0 Å². The fourth-order valence-corrected chi connectivity index (χ4v) is 0. The number of nitrogens with two attached hydrogens (primary N) is 1. The molecule has 0 fully saturated rings. The molecule has 0 saturated heterocycles. The lowest BCUT2D eigenvalue weighted by molar-refractivity contribution is -0.0437. The zero-order valence-corrected chi connectivity index (χ0v) is 2.99. The fraction of sp³-hybridized carbons (Fsp3) is 1.00. The van der Waals surface area contributed by atoms with Crippen molar-refractivity contribution in [3.8, 4) is 0 Å². The third-order valence-electron chi connectivity index (χ3n) is 0.211. The molecule has 0 aromatic heterocycles. The Balaban J connectivity index is 3.17. The van der Waals surface area contributed by atoms with Gasteiger partial charge >= 0.3 is 6.05 Å². The summed E-state index contributed by atoms with van der Waals surface area (Å²) < 4.78 is 22.0. The second-order valence-corrected chi connectivity index (χ2v) is 0.919. The monoisotopic (exact) mass is 97.0 g/mol. The Bertz CT molecular complexity index is 41.3. The van der Waals surface area contributed by atoms with Crippen LogP contribution in [0.2, 0.25) is 0 Å². The Morgan fingerprint density at radius 2 is 1.83 bits per heavy atom. The van der Waals surface area contributed by atoms with Gasteiger partial charge in [0.1, 0.15) is 6.61 Å². The minimum atomic E-state index is -3.40. The maximum absolute atomic E-state index is 11.0. The summed E-state index contributed by atoms with van der Waals surface area (Å²) in [4.78, 5) is 0. The van der Waals surface area contributed by atoms with E-state index >= 15 is 0 Å². The van der Waals surface area contributed by atoms with Crippen molar-refractivity contribution in [2.24, 2.45) is 5.73 Å². The number of aliphatic hydroxyl groups excluding tert-OH is 1. The van der Waals surface area contributed by atoms with Crippen molar-refractivity contribution in [2.75, 3.05) is 6.61 Å². The molecule has 6 heavy (non-hydrogen) atoms. The first kappa shape index (κ1) is 5.78. The maximum Gasteiger partial charge on any atom is 0.322 e. The van der Waals surface area contributed by atoms with E-state index in [1.165, 1.54) is 0 Å². The Labute approximate surface area is 33.6 Å². The summed E-state index contributed by atoms with van der Waals surface area (Å²) in [5.74, 6) is 0. The number of halogens is 2. The van der Waals surface area contributed by atoms with E-state index in [-0.39, 0.29) is 0 Å². The molecule has 4 heteroatoms. The molecule has 38 valence electrons. The Morgan fingerprint density at radius 3 is 1.83 bits per heavy atom. The van der Waals surface area contributed by atoms with Crippen LogP contribution in [0.1, 0.15) is 0 Å². The summed E-state index contributed by atoms with van der Waals surface area (Å²) in [6, 6.07) is -3.40. The molecule has 0 saturated carbocycles. The summed E-state index contributed by atoms with van der Waals surface area (Å²) in [7, 11) is 0. The highest BCUT2D eigenvalue weighted by atomic mass is 19.3. The molecule has 0 amide bonds. The van der Waals surface area contributed by atoms with Gasteiger partial charge < -0.3 is 5.11 Å². The lowest BCUT2D eigenvalue weighted by atomic mass is 10.6. The molecule has 0 atom stereocenters. The van der Waals surface area contributed by atoms with Crippen LogP contribution in [-0.2, 0) is 0 Å². The number of aliphatic hydroxyl groups is 1. The molecule has 0 aromatic rings. The second kappa shape index (κ2) is 1.49. The van der Waals surface area contributed by atoms with E-state index in [0.29, 0.717) is 0 Å². The van der Waals surface area contributed by atoms with E-state index in [1.807, 2.05) is 0 Å². The van der Waals surface area contributed by atoms with E-state index in [4.69, 9.17) is 5.11 Å². The van der Waals surface area contributed by atoms with Crippen LogP contribution in [-0.4, -0.2) is 17.8 Å². The summed E-state index contributed by atoms with van der Waals surface area (Å²) in [6.07, 6.45) is 0. The number of hydrogen-bond donors (Lipinski definition) is 2. The molecule has 0 aromatic carbocycles. The van der Waals surface area contributed by atoms with Gasteiger partial charge in [-0.15, -0.1) is 0 Å². The van der Waals surface area contributed by atoms with Crippen LogP contribution in [0.5, 0.6) is 0 Å². The van der Waals surface area contributed by atoms with Crippen LogP contribution < -0.4 is 5.73 Å². The number of rotatable bonds is 1. The van der Waals surface area contributed by atoms with Gasteiger partial charge in [-0.2, -0.15) is 8.78 Å². The highest BCUT2D eigenvalue weighted by Crippen LogP contribution is 1.98. The van der Waals surface area contributed by atoms with E-state index in [1.54, 1.807) is 0 Å². The molecule has 0 spiro atoms. The zero-order valence-electron chi connectivity index (χ0n) is 2.99. The first-order chi connectivity index (χ1) is 2.56. The van der Waals surface area contributed by atoms with Gasteiger partial charge in [-0.1, -0.05) is 0 Å². The van der Waals surface area contributed by atoms with Crippen molar-refractivity contribution < 1.29 is 13.9 Å². The minimum absolute atomic E-state index is 1.28. The molecule has 2 nitrogen and oxygen atoms in total. The first-order valence-electron chi connectivity index (χ1n) is 1.34. The van der Waals surface area contributed by atoms with E-state index in [0.717, 1.165) is 0 Å². The molecule has 0 unspecified atom stereocenters. The quantitative estimate of drug-likeness (QED) is 0.434. The highest BCUT2D eigenvalue weighted by Gasteiger charge is 2.18. The van der Waals surface area contributed by atoms with Gasteiger partial charge in [0, 0.05) is 0 Å². The predicted molar refractivity (Wildman–Crippen MR) is 16.2 cm³/mol. The third kappa shape index (κ3) is 3.78. The normalized spacial score (nSPS) is 12.0. The van der Waals surface area contributed by atoms with Crippen LogP contribution in [0.25, 0.3) is 0 Å². The van der Waals surface area contributed by atoms with Gasteiger partial charge in [-0.3, -0.25) is 5.73 Å². The average Bonchev–Trinajstić information content (AvgIpc) is 1.35. The average molecular weight is 97.1 g/mol. The summed E-state index contributed by atoms with van der Waals surface area (Å²) >= 11 is 0. The van der Waals surface area contributed by atoms with E-state index in [2.05, 4.69) is 5.73 Å². The molecule has 3 N–H and O–H groups in total.